The summed E-state index contributed by atoms with van der Waals surface area (Å²) in [6, 6.07) is 0. The molecule has 4 aliphatic carbocycles. The van der Waals surface area contributed by atoms with Gasteiger partial charge in [0.05, 0.1) is 4.43 Å². The Hall–Kier alpha value is -0.390. The van der Waals surface area contributed by atoms with Gasteiger partial charge < -0.3 is 4.74 Å². The molecule has 3 saturated carbocycles. The van der Waals surface area contributed by atoms with E-state index in [1.807, 2.05) is 0 Å². The van der Waals surface area contributed by atoms with E-state index >= 15 is 0 Å². The summed E-state index contributed by atoms with van der Waals surface area (Å²) < 4.78 is 6.07. The molecule has 3 fully saturated rings. The van der Waals surface area contributed by atoms with Crippen molar-refractivity contribution in [1.82, 2.24) is 0 Å². The first kappa shape index (κ1) is 18.0. The van der Waals surface area contributed by atoms with E-state index in [9.17, 15) is 9.59 Å². The molecule has 0 radical (unpaired) electrons. The Kier molecular flexibility index (Phi) is 4.57. The molecule has 4 heteroatoms. The van der Waals surface area contributed by atoms with Crippen LogP contribution >= 0.6 is 22.6 Å². The van der Waals surface area contributed by atoms with Crippen LogP contribution in [-0.4, -0.2) is 22.3 Å². The molecule has 6 atom stereocenters. The number of alkyl halides is 1. The molecule has 4 rings (SSSR count). The Labute approximate surface area is 164 Å². The van der Waals surface area contributed by atoms with Crippen LogP contribution in [0, 0.1) is 28.6 Å². The lowest BCUT2D eigenvalue weighted by Crippen LogP contribution is -2.50. The fourth-order valence-electron chi connectivity index (χ4n) is 6.72. The van der Waals surface area contributed by atoms with E-state index in [0.29, 0.717) is 28.0 Å². The second kappa shape index (κ2) is 6.35. The molecular formula is C21H29IO3. The number of ether oxygens (including phenoxy) is 1. The Balaban J connectivity index is 1.56. The number of fused-ring (bicyclic) bond motifs is 5. The van der Waals surface area contributed by atoms with E-state index in [-0.39, 0.29) is 22.9 Å². The third-order valence-electron chi connectivity index (χ3n) is 8.17. The number of halogens is 1. The highest BCUT2D eigenvalue weighted by molar-refractivity contribution is 14.1. The van der Waals surface area contributed by atoms with Crippen LogP contribution in [0.15, 0.2) is 11.6 Å². The van der Waals surface area contributed by atoms with Crippen molar-refractivity contribution in [3.8, 4) is 0 Å². The number of Topliss-reactive ketones (excluding diaryl/α,β-unsaturated/α-hetero) is 1. The Bertz CT molecular complexity index is 627. The maximum absolute atomic E-state index is 12.5. The Morgan fingerprint density at radius 2 is 1.92 bits per heavy atom. The molecule has 6 unspecified atom stereocenters. The first-order valence-electron chi connectivity index (χ1n) is 9.87. The fourth-order valence-corrected chi connectivity index (χ4v) is 6.90. The van der Waals surface area contributed by atoms with Crippen molar-refractivity contribution in [2.24, 2.45) is 28.6 Å². The standard InChI is InChI=1S/C21H29IO3/c1-20-9-7-14(25-19(24)12-22)11-13(20)3-4-15-16-5-6-18(23)21(16,2)10-8-17(15)20/h3,14-17H,4-12H2,1-2H3. The normalized spacial score (nSPS) is 45.9. The number of carbonyl (C=O) groups excluding carboxylic acids is 2. The monoisotopic (exact) mass is 456 g/mol. The van der Waals surface area contributed by atoms with E-state index in [0.717, 1.165) is 44.9 Å². The van der Waals surface area contributed by atoms with Crippen molar-refractivity contribution in [2.75, 3.05) is 4.43 Å². The molecule has 0 heterocycles. The first-order chi connectivity index (χ1) is 11.9. The number of esters is 1. The third-order valence-corrected chi connectivity index (χ3v) is 8.80. The Morgan fingerprint density at radius 1 is 1.20 bits per heavy atom. The highest BCUT2D eigenvalue weighted by Crippen LogP contribution is 2.64. The molecule has 0 spiro atoms. The molecule has 0 N–H and O–H groups in total. The molecule has 4 aliphatic rings. The van der Waals surface area contributed by atoms with Gasteiger partial charge in [0.15, 0.2) is 0 Å². The van der Waals surface area contributed by atoms with E-state index < -0.39 is 0 Å². The Morgan fingerprint density at radius 3 is 2.68 bits per heavy atom. The van der Waals surface area contributed by atoms with Gasteiger partial charge in [-0.2, -0.15) is 0 Å². The smallest absolute Gasteiger partial charge is 0.316 e. The summed E-state index contributed by atoms with van der Waals surface area (Å²) in [4.78, 5) is 24.1. The average Bonchev–Trinajstić information content (AvgIpc) is 2.90. The summed E-state index contributed by atoms with van der Waals surface area (Å²) in [5.41, 5.74) is 1.73. The van der Waals surface area contributed by atoms with E-state index in [2.05, 4.69) is 42.5 Å². The van der Waals surface area contributed by atoms with Gasteiger partial charge in [0, 0.05) is 18.3 Å². The highest BCUT2D eigenvalue weighted by atomic mass is 127. The van der Waals surface area contributed by atoms with Gasteiger partial charge >= 0.3 is 5.97 Å². The first-order valence-corrected chi connectivity index (χ1v) is 11.4. The number of carbonyl (C=O) groups is 2. The summed E-state index contributed by atoms with van der Waals surface area (Å²) in [5, 5.41) is 0. The third kappa shape index (κ3) is 2.72. The maximum Gasteiger partial charge on any atom is 0.316 e. The lowest BCUT2D eigenvalue weighted by Gasteiger charge is -2.56. The number of hydrogen-bond acceptors (Lipinski definition) is 3. The van der Waals surface area contributed by atoms with Crippen molar-refractivity contribution < 1.29 is 14.3 Å². The average molecular weight is 456 g/mol. The van der Waals surface area contributed by atoms with Crippen LogP contribution < -0.4 is 0 Å². The van der Waals surface area contributed by atoms with Crippen LogP contribution in [0.2, 0.25) is 0 Å². The SMILES string of the molecule is CC12CCC3C(CC=C4CC(OC(=O)CI)CCC43C)C1CCC2=O. The van der Waals surface area contributed by atoms with Crippen molar-refractivity contribution in [2.45, 2.75) is 71.3 Å². The number of hydrogen-bond donors (Lipinski definition) is 0. The van der Waals surface area contributed by atoms with Crippen LogP contribution in [0.1, 0.15) is 65.2 Å². The molecule has 0 bridgehead atoms. The predicted molar refractivity (Wildman–Crippen MR) is 105 cm³/mol. The molecule has 0 aromatic heterocycles. The lowest BCUT2D eigenvalue weighted by molar-refractivity contribution is -0.147. The van der Waals surface area contributed by atoms with E-state index in [1.165, 1.54) is 12.0 Å². The lowest BCUT2D eigenvalue weighted by atomic mass is 9.48. The minimum absolute atomic E-state index is 0.0457. The van der Waals surface area contributed by atoms with Gasteiger partial charge in [0.25, 0.3) is 0 Å². The van der Waals surface area contributed by atoms with Crippen molar-refractivity contribution in [3.05, 3.63) is 11.6 Å². The largest absolute Gasteiger partial charge is 0.461 e. The molecule has 0 aromatic carbocycles. The minimum Gasteiger partial charge on any atom is -0.461 e. The summed E-state index contributed by atoms with van der Waals surface area (Å²) in [7, 11) is 0. The maximum atomic E-state index is 12.5. The van der Waals surface area contributed by atoms with Gasteiger partial charge in [-0.15, -0.1) is 0 Å². The van der Waals surface area contributed by atoms with Gasteiger partial charge in [-0.1, -0.05) is 48.1 Å². The topological polar surface area (TPSA) is 43.4 Å². The van der Waals surface area contributed by atoms with Gasteiger partial charge in [-0.3, -0.25) is 9.59 Å². The van der Waals surface area contributed by atoms with Gasteiger partial charge in [0.1, 0.15) is 11.9 Å². The van der Waals surface area contributed by atoms with Crippen LogP contribution in [0.5, 0.6) is 0 Å². The zero-order valence-corrected chi connectivity index (χ0v) is 17.5. The van der Waals surface area contributed by atoms with Crippen LogP contribution in [-0.2, 0) is 14.3 Å². The van der Waals surface area contributed by atoms with Gasteiger partial charge in [-0.25, -0.2) is 0 Å². The summed E-state index contributed by atoms with van der Waals surface area (Å²) >= 11 is 2.07. The van der Waals surface area contributed by atoms with Crippen molar-refractivity contribution in [1.29, 1.82) is 0 Å². The zero-order valence-electron chi connectivity index (χ0n) is 15.4. The van der Waals surface area contributed by atoms with Crippen molar-refractivity contribution >= 4 is 34.3 Å². The number of ketones is 1. The molecule has 25 heavy (non-hydrogen) atoms. The highest BCUT2D eigenvalue weighted by Gasteiger charge is 2.58. The molecule has 0 aromatic rings. The van der Waals surface area contributed by atoms with E-state index in [1.54, 1.807) is 0 Å². The molecule has 0 saturated heterocycles. The summed E-state index contributed by atoms with van der Waals surface area (Å²) in [6.45, 7) is 4.69. The molecule has 138 valence electrons. The number of allylic oxidation sites excluding steroid dienone is 1. The number of rotatable bonds is 2. The van der Waals surface area contributed by atoms with Gasteiger partial charge in [-0.05, 0) is 61.7 Å². The zero-order chi connectivity index (χ0) is 17.8. The van der Waals surface area contributed by atoms with Crippen LogP contribution in [0.3, 0.4) is 0 Å². The summed E-state index contributed by atoms with van der Waals surface area (Å²) in [5.74, 6) is 2.40. The second-order valence-electron chi connectivity index (χ2n) is 9.17. The summed E-state index contributed by atoms with van der Waals surface area (Å²) in [6.07, 6.45) is 10.8. The second-order valence-corrected chi connectivity index (χ2v) is 9.93. The quantitative estimate of drug-likeness (QED) is 0.258. The van der Waals surface area contributed by atoms with E-state index in [4.69, 9.17) is 4.74 Å². The van der Waals surface area contributed by atoms with Gasteiger partial charge in [0.2, 0.25) is 0 Å². The molecule has 0 amide bonds. The van der Waals surface area contributed by atoms with Crippen molar-refractivity contribution in [3.63, 3.8) is 0 Å². The molecule has 3 nitrogen and oxygen atoms in total. The fraction of sp³-hybridized carbons (Fsp3) is 0.810. The molecule has 0 aliphatic heterocycles. The minimum atomic E-state index is -0.0820. The molecular weight excluding hydrogens is 427 g/mol. The van der Waals surface area contributed by atoms with Crippen LogP contribution in [0.4, 0.5) is 0 Å². The van der Waals surface area contributed by atoms with Crippen LogP contribution in [0.25, 0.3) is 0 Å². The predicted octanol–water partition coefficient (Wildman–Crippen LogP) is 4.87.